The first kappa shape index (κ1) is 37.9. The van der Waals surface area contributed by atoms with Gasteiger partial charge in [-0.25, -0.2) is 0 Å². The van der Waals surface area contributed by atoms with Gasteiger partial charge >= 0.3 is 0 Å². The van der Waals surface area contributed by atoms with Gasteiger partial charge in [0.25, 0.3) is 0 Å². The zero-order valence-electron chi connectivity index (χ0n) is 31.5. The van der Waals surface area contributed by atoms with Crippen LogP contribution in [-0.2, 0) is 19.6 Å². The second-order valence-corrected chi connectivity index (χ2v) is 13.5. The lowest BCUT2D eigenvalue weighted by Crippen LogP contribution is -2.33. The molecule has 0 saturated heterocycles. The van der Waals surface area contributed by atoms with Crippen molar-refractivity contribution in [1.29, 1.82) is 0 Å². The van der Waals surface area contributed by atoms with E-state index >= 15 is 0 Å². The van der Waals surface area contributed by atoms with E-state index in [-0.39, 0.29) is 5.41 Å². The van der Waals surface area contributed by atoms with Crippen molar-refractivity contribution in [3.8, 4) is 5.75 Å². The lowest BCUT2D eigenvalue weighted by atomic mass is 9.62. The summed E-state index contributed by atoms with van der Waals surface area (Å²) < 4.78 is 22.3. The number of hydrogen-bond acceptors (Lipinski definition) is 4. The maximum atomic E-state index is 6.03. The fraction of sp³-hybridized carbons (Fsp3) is 0.362. The number of allylic oxidation sites excluding steroid dienone is 7. The molecule has 0 aromatic heterocycles. The third-order valence-electron chi connectivity index (χ3n) is 9.82. The molecule has 1 spiro atoms. The Hall–Kier alpha value is -4.38. The van der Waals surface area contributed by atoms with Crippen molar-refractivity contribution in [3.63, 3.8) is 0 Å². The molecule has 4 nitrogen and oxygen atoms in total. The predicted octanol–water partition coefficient (Wildman–Crippen LogP) is 11.4. The first-order valence-corrected chi connectivity index (χ1v) is 18.7. The Morgan fingerprint density at radius 3 is 1.84 bits per heavy atom. The number of rotatable bonds is 13. The Labute approximate surface area is 306 Å². The van der Waals surface area contributed by atoms with Crippen LogP contribution in [0, 0.1) is 11.3 Å². The molecule has 268 valence electrons. The molecule has 4 aromatic carbocycles. The van der Waals surface area contributed by atoms with Crippen LogP contribution in [0.15, 0.2) is 144 Å². The first-order valence-electron chi connectivity index (χ1n) is 18.7. The minimum Gasteiger partial charge on any atom is -0.491 e. The number of ether oxygens (including phenoxy) is 4. The van der Waals surface area contributed by atoms with Crippen molar-refractivity contribution in [3.05, 3.63) is 161 Å². The minimum atomic E-state index is -0.501. The van der Waals surface area contributed by atoms with Crippen LogP contribution in [0.1, 0.15) is 70.1 Å². The molecule has 0 aliphatic heterocycles. The number of benzene rings is 4. The van der Waals surface area contributed by atoms with Crippen molar-refractivity contribution in [2.45, 2.75) is 58.8 Å². The number of fused-ring (bicyclic) bond motifs is 1. The largest absolute Gasteiger partial charge is 0.491 e. The molecule has 4 aromatic rings. The van der Waals surface area contributed by atoms with Gasteiger partial charge in [0.15, 0.2) is 0 Å². The summed E-state index contributed by atoms with van der Waals surface area (Å²) in [5.74, 6) is 2.21. The van der Waals surface area contributed by atoms with Gasteiger partial charge in [0.2, 0.25) is 0 Å². The average molecular weight is 685 g/mol. The first-order chi connectivity index (χ1) is 25.0. The standard InChI is InChI=1S/C40H38O4.C4H10.C3H8/c1-41-19-21-43-37-17-14-29-23-34(15-13-30(29)24-37)40(31-9-5-3-6-10-31,32-11-7-4-8-12-32)35-25-33-16-18-38(44-22-20-42-2)28-39(33)27-36(39)26-35;1-3-4-2;1-3-2/h3-18,23-26,28,36H,19-22,27H2,1-2H3;3-4H2,1-2H3;3H2,1-2H3. The van der Waals surface area contributed by atoms with E-state index in [1.807, 2.05) is 0 Å². The summed E-state index contributed by atoms with van der Waals surface area (Å²) in [4.78, 5) is 0. The molecule has 3 aliphatic rings. The van der Waals surface area contributed by atoms with Gasteiger partial charge in [0.05, 0.1) is 18.6 Å². The van der Waals surface area contributed by atoms with Crippen molar-refractivity contribution >= 4 is 10.8 Å². The second kappa shape index (κ2) is 18.2. The molecule has 51 heavy (non-hydrogen) atoms. The molecule has 0 bridgehead atoms. The molecule has 0 heterocycles. The third kappa shape index (κ3) is 8.41. The van der Waals surface area contributed by atoms with Crippen LogP contribution in [-0.4, -0.2) is 40.6 Å². The fourth-order valence-electron chi connectivity index (χ4n) is 7.07. The van der Waals surface area contributed by atoms with Gasteiger partial charge in [-0.3, -0.25) is 0 Å². The summed E-state index contributed by atoms with van der Waals surface area (Å²) >= 11 is 0. The molecule has 1 saturated carbocycles. The Morgan fingerprint density at radius 1 is 0.647 bits per heavy atom. The number of unbranched alkanes of at least 4 members (excludes halogenated alkanes) is 1. The third-order valence-corrected chi connectivity index (χ3v) is 9.82. The second-order valence-electron chi connectivity index (χ2n) is 13.5. The zero-order chi connectivity index (χ0) is 36.1. The van der Waals surface area contributed by atoms with Crippen molar-refractivity contribution in [2.75, 3.05) is 40.6 Å². The number of methoxy groups -OCH3 is 2. The molecule has 3 aliphatic carbocycles. The topological polar surface area (TPSA) is 36.9 Å². The molecule has 0 N–H and O–H groups in total. The van der Waals surface area contributed by atoms with Crippen molar-refractivity contribution < 1.29 is 18.9 Å². The van der Waals surface area contributed by atoms with Crippen LogP contribution in [0.5, 0.6) is 5.75 Å². The maximum absolute atomic E-state index is 6.03. The highest BCUT2D eigenvalue weighted by Gasteiger charge is 2.57. The van der Waals surface area contributed by atoms with Crippen LogP contribution >= 0.6 is 0 Å². The molecule has 0 amide bonds. The maximum Gasteiger partial charge on any atom is 0.120 e. The van der Waals surface area contributed by atoms with Gasteiger partial charge in [-0.05, 0) is 81.3 Å². The molecule has 7 rings (SSSR count). The fourth-order valence-corrected chi connectivity index (χ4v) is 7.07. The SMILES string of the molecule is CCC.CCCC.COCCOC1=CC23CC2C=C(C(c2ccccc2)(c2ccccc2)c2ccc4cc(OCCOC)ccc4c2)C=C3C=C1. The van der Waals surface area contributed by atoms with E-state index in [0.717, 1.165) is 23.3 Å². The summed E-state index contributed by atoms with van der Waals surface area (Å²) in [6.07, 6.45) is 16.7. The van der Waals surface area contributed by atoms with Gasteiger partial charge in [-0.1, -0.05) is 144 Å². The summed E-state index contributed by atoms with van der Waals surface area (Å²) in [7, 11) is 3.39. The molecule has 2 atom stereocenters. The monoisotopic (exact) mass is 684 g/mol. The van der Waals surface area contributed by atoms with Crippen LogP contribution in [0.25, 0.3) is 10.8 Å². The van der Waals surface area contributed by atoms with E-state index in [0.29, 0.717) is 32.3 Å². The Bertz CT molecular complexity index is 1780. The average Bonchev–Trinajstić information content (AvgIpc) is 3.88. The molecule has 0 radical (unpaired) electrons. The smallest absolute Gasteiger partial charge is 0.120 e. The Morgan fingerprint density at radius 2 is 1.24 bits per heavy atom. The normalized spacial score (nSPS) is 18.4. The minimum absolute atomic E-state index is 0.0162. The van der Waals surface area contributed by atoms with E-state index in [1.54, 1.807) is 14.2 Å². The number of hydrogen-bond donors (Lipinski definition) is 0. The predicted molar refractivity (Wildman–Crippen MR) is 212 cm³/mol. The van der Waals surface area contributed by atoms with E-state index in [4.69, 9.17) is 18.9 Å². The lowest BCUT2D eigenvalue weighted by molar-refractivity contribution is 0.113. The Kier molecular flexibility index (Phi) is 13.5. The summed E-state index contributed by atoms with van der Waals surface area (Å²) in [6.45, 7) is 10.8. The van der Waals surface area contributed by atoms with E-state index < -0.39 is 5.41 Å². The van der Waals surface area contributed by atoms with E-state index in [9.17, 15) is 0 Å². The van der Waals surface area contributed by atoms with Crippen molar-refractivity contribution in [1.82, 2.24) is 0 Å². The van der Waals surface area contributed by atoms with Gasteiger partial charge in [-0.15, -0.1) is 0 Å². The van der Waals surface area contributed by atoms with Gasteiger partial charge < -0.3 is 18.9 Å². The van der Waals surface area contributed by atoms with Gasteiger partial charge in [0.1, 0.15) is 24.7 Å². The molecular formula is C47H56O4. The zero-order valence-corrected chi connectivity index (χ0v) is 31.5. The molecule has 1 fully saturated rings. The summed E-state index contributed by atoms with van der Waals surface area (Å²) in [6, 6.07) is 35.2. The highest BCUT2D eigenvalue weighted by Crippen LogP contribution is 2.66. The summed E-state index contributed by atoms with van der Waals surface area (Å²) in [5.41, 5.74) is 5.92. The van der Waals surface area contributed by atoms with Gasteiger partial charge in [-0.2, -0.15) is 0 Å². The molecular weight excluding hydrogens is 629 g/mol. The van der Waals surface area contributed by atoms with Gasteiger partial charge in [0, 0.05) is 19.6 Å². The molecule has 2 unspecified atom stereocenters. The van der Waals surface area contributed by atoms with Crippen LogP contribution < -0.4 is 4.74 Å². The highest BCUT2D eigenvalue weighted by atomic mass is 16.5. The van der Waals surface area contributed by atoms with Crippen LogP contribution in [0.3, 0.4) is 0 Å². The highest BCUT2D eigenvalue weighted by molar-refractivity contribution is 5.86. The quantitative estimate of drug-likeness (QED) is 0.104. The lowest BCUT2D eigenvalue weighted by Gasteiger charge is -2.40. The van der Waals surface area contributed by atoms with E-state index in [2.05, 4.69) is 155 Å². The van der Waals surface area contributed by atoms with Crippen LogP contribution in [0.2, 0.25) is 0 Å². The molecule has 4 heteroatoms. The van der Waals surface area contributed by atoms with E-state index in [1.165, 1.54) is 52.5 Å². The van der Waals surface area contributed by atoms with Crippen LogP contribution in [0.4, 0.5) is 0 Å². The van der Waals surface area contributed by atoms with Crippen molar-refractivity contribution in [2.24, 2.45) is 11.3 Å². The Balaban J connectivity index is 0.000000664. The summed E-state index contributed by atoms with van der Waals surface area (Å²) in [5, 5.41) is 2.33.